The Bertz CT molecular complexity index is 879. The SMILES string of the molecule is Cc1ccc(N2C(=O)CC(N3CCN(Cc4ccccc4)CC3)C2=O)cc1Cl. The molecule has 0 saturated carbocycles. The summed E-state index contributed by atoms with van der Waals surface area (Å²) in [4.78, 5) is 31.4. The van der Waals surface area contributed by atoms with Crippen molar-refractivity contribution in [3.63, 3.8) is 0 Å². The lowest BCUT2D eigenvalue weighted by atomic mass is 10.1. The molecule has 28 heavy (non-hydrogen) atoms. The molecule has 1 unspecified atom stereocenters. The van der Waals surface area contributed by atoms with Crippen molar-refractivity contribution in [2.45, 2.75) is 25.9 Å². The van der Waals surface area contributed by atoms with E-state index in [1.165, 1.54) is 10.5 Å². The summed E-state index contributed by atoms with van der Waals surface area (Å²) in [5.41, 5.74) is 2.79. The quantitative estimate of drug-likeness (QED) is 0.743. The molecular weight excluding hydrogens is 374 g/mol. The largest absolute Gasteiger partial charge is 0.297 e. The minimum Gasteiger partial charge on any atom is -0.297 e. The van der Waals surface area contributed by atoms with E-state index in [-0.39, 0.29) is 24.3 Å². The summed E-state index contributed by atoms with van der Waals surface area (Å²) in [6.45, 7) is 6.18. The fourth-order valence-electron chi connectivity index (χ4n) is 3.97. The van der Waals surface area contributed by atoms with Crippen LogP contribution in [0.4, 0.5) is 5.69 Å². The van der Waals surface area contributed by atoms with Crippen LogP contribution >= 0.6 is 11.6 Å². The molecule has 0 radical (unpaired) electrons. The summed E-state index contributed by atoms with van der Waals surface area (Å²) in [7, 11) is 0. The zero-order chi connectivity index (χ0) is 19.7. The standard InChI is InChI=1S/C22H24ClN3O2/c1-16-7-8-18(13-19(16)23)26-21(27)14-20(22(26)28)25-11-9-24(10-12-25)15-17-5-3-2-4-6-17/h2-8,13,20H,9-12,14-15H2,1H3. The minimum atomic E-state index is -0.369. The van der Waals surface area contributed by atoms with Crippen molar-refractivity contribution in [1.82, 2.24) is 9.80 Å². The van der Waals surface area contributed by atoms with E-state index in [2.05, 4.69) is 34.1 Å². The molecule has 146 valence electrons. The first kappa shape index (κ1) is 19.1. The molecule has 2 aliphatic heterocycles. The third-order valence-electron chi connectivity index (χ3n) is 5.63. The molecule has 0 bridgehead atoms. The zero-order valence-electron chi connectivity index (χ0n) is 16.0. The van der Waals surface area contributed by atoms with Crippen LogP contribution in [0.1, 0.15) is 17.5 Å². The first-order valence-corrected chi connectivity index (χ1v) is 10.0. The molecule has 1 atom stereocenters. The normalized spacial score (nSPS) is 21.5. The van der Waals surface area contributed by atoms with Crippen molar-refractivity contribution in [2.24, 2.45) is 0 Å². The second kappa shape index (κ2) is 8.03. The van der Waals surface area contributed by atoms with Crippen molar-refractivity contribution in [2.75, 3.05) is 31.1 Å². The van der Waals surface area contributed by atoms with Gasteiger partial charge >= 0.3 is 0 Å². The number of anilines is 1. The van der Waals surface area contributed by atoms with Crippen LogP contribution in [-0.2, 0) is 16.1 Å². The van der Waals surface area contributed by atoms with E-state index >= 15 is 0 Å². The van der Waals surface area contributed by atoms with E-state index in [0.717, 1.165) is 38.3 Å². The van der Waals surface area contributed by atoms with Gasteiger partial charge in [0.05, 0.1) is 18.2 Å². The molecule has 2 aromatic carbocycles. The summed E-state index contributed by atoms with van der Waals surface area (Å²) < 4.78 is 0. The molecule has 6 heteroatoms. The number of halogens is 1. The fourth-order valence-corrected chi connectivity index (χ4v) is 4.14. The molecule has 2 heterocycles. The first-order valence-electron chi connectivity index (χ1n) is 9.66. The molecule has 0 aromatic heterocycles. The van der Waals surface area contributed by atoms with E-state index in [0.29, 0.717) is 10.7 Å². The molecule has 2 fully saturated rings. The van der Waals surface area contributed by atoms with Gasteiger partial charge in [-0.3, -0.25) is 19.4 Å². The van der Waals surface area contributed by atoms with Crippen molar-refractivity contribution in [3.05, 3.63) is 64.7 Å². The highest BCUT2D eigenvalue weighted by atomic mass is 35.5. The molecule has 0 aliphatic carbocycles. The van der Waals surface area contributed by atoms with Crippen LogP contribution < -0.4 is 4.90 Å². The lowest BCUT2D eigenvalue weighted by Crippen LogP contribution is -2.52. The van der Waals surface area contributed by atoms with Crippen LogP contribution in [0.2, 0.25) is 5.02 Å². The monoisotopic (exact) mass is 397 g/mol. The third kappa shape index (κ3) is 3.83. The number of rotatable bonds is 4. The molecule has 2 amide bonds. The number of carbonyl (C=O) groups is 2. The van der Waals surface area contributed by atoms with Crippen molar-refractivity contribution < 1.29 is 9.59 Å². The van der Waals surface area contributed by atoms with Crippen LogP contribution in [0.25, 0.3) is 0 Å². The highest BCUT2D eigenvalue weighted by Gasteiger charge is 2.43. The zero-order valence-corrected chi connectivity index (χ0v) is 16.7. The Morgan fingerprint density at radius 3 is 2.39 bits per heavy atom. The Labute approximate surface area is 170 Å². The summed E-state index contributed by atoms with van der Waals surface area (Å²) in [5.74, 6) is -0.289. The fraction of sp³-hybridized carbons (Fsp3) is 0.364. The van der Waals surface area contributed by atoms with Crippen molar-refractivity contribution in [1.29, 1.82) is 0 Å². The Kier molecular flexibility index (Phi) is 5.49. The molecule has 4 rings (SSSR count). The number of imide groups is 1. The van der Waals surface area contributed by atoms with Crippen LogP contribution in [0.3, 0.4) is 0 Å². The molecule has 2 aliphatic rings. The second-order valence-electron chi connectivity index (χ2n) is 7.52. The number of amides is 2. The van der Waals surface area contributed by atoms with Crippen molar-refractivity contribution >= 4 is 29.1 Å². The number of hydrogen-bond donors (Lipinski definition) is 0. The predicted molar refractivity (Wildman–Crippen MR) is 110 cm³/mol. The molecule has 2 saturated heterocycles. The van der Waals surface area contributed by atoms with E-state index in [4.69, 9.17) is 11.6 Å². The van der Waals surface area contributed by atoms with Gasteiger partial charge in [0.25, 0.3) is 5.91 Å². The third-order valence-corrected chi connectivity index (χ3v) is 6.04. The minimum absolute atomic E-state index is 0.138. The number of benzene rings is 2. The maximum atomic E-state index is 13.0. The Morgan fingerprint density at radius 2 is 1.71 bits per heavy atom. The van der Waals surface area contributed by atoms with Gasteiger partial charge in [0.15, 0.2) is 0 Å². The summed E-state index contributed by atoms with van der Waals surface area (Å²) >= 11 is 6.19. The summed E-state index contributed by atoms with van der Waals surface area (Å²) in [5, 5.41) is 0.566. The van der Waals surface area contributed by atoms with Gasteiger partial charge in [-0.25, -0.2) is 4.90 Å². The second-order valence-corrected chi connectivity index (χ2v) is 7.93. The Morgan fingerprint density at radius 1 is 1.00 bits per heavy atom. The number of aryl methyl sites for hydroxylation is 1. The summed E-state index contributed by atoms with van der Waals surface area (Å²) in [6.07, 6.45) is 0.239. The topological polar surface area (TPSA) is 43.9 Å². The van der Waals surface area contributed by atoms with E-state index in [1.54, 1.807) is 12.1 Å². The molecule has 0 spiro atoms. The van der Waals surface area contributed by atoms with E-state index in [9.17, 15) is 9.59 Å². The van der Waals surface area contributed by atoms with Gasteiger partial charge in [0, 0.05) is 37.7 Å². The van der Waals surface area contributed by atoms with Crippen LogP contribution in [0.5, 0.6) is 0 Å². The smallest absolute Gasteiger partial charge is 0.251 e. The molecular formula is C22H24ClN3O2. The van der Waals surface area contributed by atoms with Gasteiger partial charge in [-0.15, -0.1) is 0 Å². The first-order chi connectivity index (χ1) is 13.5. The van der Waals surface area contributed by atoms with E-state index < -0.39 is 0 Å². The maximum Gasteiger partial charge on any atom is 0.251 e. The Hall–Kier alpha value is -2.21. The number of hydrogen-bond acceptors (Lipinski definition) is 4. The van der Waals surface area contributed by atoms with Crippen LogP contribution in [-0.4, -0.2) is 53.8 Å². The van der Waals surface area contributed by atoms with Crippen LogP contribution in [0.15, 0.2) is 48.5 Å². The number of carbonyl (C=O) groups excluding carboxylic acids is 2. The summed E-state index contributed by atoms with van der Waals surface area (Å²) in [6, 6.07) is 15.4. The highest BCUT2D eigenvalue weighted by molar-refractivity contribution is 6.32. The lowest BCUT2D eigenvalue weighted by Gasteiger charge is -2.37. The molecule has 5 nitrogen and oxygen atoms in total. The van der Waals surface area contributed by atoms with Crippen LogP contribution in [0, 0.1) is 6.92 Å². The average molecular weight is 398 g/mol. The highest BCUT2D eigenvalue weighted by Crippen LogP contribution is 2.29. The molecule has 0 N–H and O–H groups in total. The van der Waals surface area contributed by atoms with E-state index in [1.807, 2.05) is 19.1 Å². The van der Waals surface area contributed by atoms with Gasteiger partial charge in [-0.05, 0) is 30.2 Å². The predicted octanol–water partition coefficient (Wildman–Crippen LogP) is 3.10. The van der Waals surface area contributed by atoms with Crippen molar-refractivity contribution in [3.8, 4) is 0 Å². The Balaban J connectivity index is 1.40. The average Bonchev–Trinajstić information content (AvgIpc) is 3.00. The van der Waals surface area contributed by atoms with Gasteiger partial charge in [-0.1, -0.05) is 48.0 Å². The van der Waals surface area contributed by atoms with Gasteiger partial charge in [0.1, 0.15) is 0 Å². The lowest BCUT2D eigenvalue weighted by molar-refractivity contribution is -0.123. The molecule has 2 aromatic rings. The maximum absolute atomic E-state index is 13.0. The number of nitrogens with zero attached hydrogens (tertiary/aromatic N) is 3. The van der Waals surface area contributed by atoms with Gasteiger partial charge in [-0.2, -0.15) is 0 Å². The number of piperazine rings is 1. The van der Waals surface area contributed by atoms with Gasteiger partial charge < -0.3 is 0 Å². The van der Waals surface area contributed by atoms with Gasteiger partial charge in [0.2, 0.25) is 5.91 Å².